The standard InChI is InChI=1S/C25H25ClN2O5S/c26-22-11-5-4-7-19(22)8-6-14-27-25(29)18-28(34(30,31)21-9-2-1-3-10-21)20-12-13-23-24(17-20)33-16-15-32-23/h1-5,7,9-13,17H,6,8,14-16,18H2,(H,27,29). The smallest absolute Gasteiger partial charge is 0.264 e. The number of nitrogens with one attached hydrogen (secondary N) is 1. The van der Waals surface area contributed by atoms with Crippen LogP contribution in [0.5, 0.6) is 11.5 Å². The van der Waals surface area contributed by atoms with Gasteiger partial charge in [-0.25, -0.2) is 8.42 Å². The van der Waals surface area contributed by atoms with Crippen molar-refractivity contribution in [3.05, 3.63) is 83.4 Å². The minimum Gasteiger partial charge on any atom is -0.486 e. The van der Waals surface area contributed by atoms with E-state index in [2.05, 4.69) is 5.32 Å². The molecule has 1 aliphatic rings. The molecule has 0 fully saturated rings. The molecule has 0 unspecified atom stereocenters. The highest BCUT2D eigenvalue weighted by Crippen LogP contribution is 2.35. The SMILES string of the molecule is O=C(CN(c1ccc2c(c1)OCCO2)S(=O)(=O)c1ccccc1)NCCCc1ccccc1Cl. The molecule has 0 atom stereocenters. The Balaban J connectivity index is 1.49. The number of rotatable bonds is 9. The summed E-state index contributed by atoms with van der Waals surface area (Å²) in [7, 11) is -4.00. The van der Waals surface area contributed by atoms with Gasteiger partial charge in [0.25, 0.3) is 10.0 Å². The molecule has 34 heavy (non-hydrogen) atoms. The molecule has 1 aliphatic heterocycles. The fourth-order valence-corrected chi connectivity index (χ4v) is 5.28. The monoisotopic (exact) mass is 500 g/mol. The largest absolute Gasteiger partial charge is 0.486 e. The second-order valence-corrected chi connectivity index (χ2v) is 9.97. The summed E-state index contributed by atoms with van der Waals surface area (Å²) in [6, 6.07) is 20.4. The Morgan fingerprint density at radius 3 is 2.41 bits per heavy atom. The highest BCUT2D eigenvalue weighted by molar-refractivity contribution is 7.92. The van der Waals surface area contributed by atoms with Crippen molar-refractivity contribution in [1.29, 1.82) is 0 Å². The highest BCUT2D eigenvalue weighted by Gasteiger charge is 2.28. The zero-order chi connectivity index (χ0) is 24.0. The van der Waals surface area contributed by atoms with E-state index in [-0.39, 0.29) is 11.4 Å². The number of aryl methyl sites for hydroxylation is 1. The average molecular weight is 501 g/mol. The van der Waals surface area contributed by atoms with E-state index in [9.17, 15) is 13.2 Å². The molecule has 9 heteroatoms. The summed E-state index contributed by atoms with van der Waals surface area (Å²) in [5.74, 6) is 0.571. The van der Waals surface area contributed by atoms with E-state index in [1.165, 1.54) is 12.1 Å². The molecule has 0 spiro atoms. The predicted molar refractivity (Wildman–Crippen MR) is 131 cm³/mol. The predicted octanol–water partition coefficient (Wildman–Crippen LogP) is 4.06. The van der Waals surface area contributed by atoms with Crippen molar-refractivity contribution >= 4 is 33.2 Å². The second kappa shape index (κ2) is 10.8. The number of benzene rings is 3. The molecule has 0 bridgehead atoms. The molecule has 0 aromatic heterocycles. The third-order valence-corrected chi connectivity index (χ3v) is 7.49. The van der Waals surface area contributed by atoms with Gasteiger partial charge in [-0.3, -0.25) is 9.10 Å². The van der Waals surface area contributed by atoms with Crippen molar-refractivity contribution in [3.8, 4) is 11.5 Å². The molecule has 3 aromatic carbocycles. The van der Waals surface area contributed by atoms with Gasteiger partial charge in [-0.1, -0.05) is 48.0 Å². The van der Waals surface area contributed by atoms with E-state index in [4.69, 9.17) is 21.1 Å². The number of hydrogen-bond acceptors (Lipinski definition) is 5. The maximum absolute atomic E-state index is 13.4. The van der Waals surface area contributed by atoms with Crippen LogP contribution in [0.3, 0.4) is 0 Å². The Hall–Kier alpha value is -3.23. The number of carbonyl (C=O) groups excluding carboxylic acids is 1. The average Bonchev–Trinajstić information content (AvgIpc) is 2.86. The topological polar surface area (TPSA) is 84.9 Å². The highest BCUT2D eigenvalue weighted by atomic mass is 35.5. The minimum absolute atomic E-state index is 0.0939. The van der Waals surface area contributed by atoms with Gasteiger partial charge in [0.2, 0.25) is 5.91 Å². The summed E-state index contributed by atoms with van der Waals surface area (Å²) < 4.78 is 39.1. The lowest BCUT2D eigenvalue weighted by Gasteiger charge is -2.26. The van der Waals surface area contributed by atoms with Crippen molar-refractivity contribution in [2.45, 2.75) is 17.7 Å². The van der Waals surface area contributed by atoms with Crippen LogP contribution in [0, 0.1) is 0 Å². The first kappa shape index (κ1) is 23.9. The number of anilines is 1. The van der Waals surface area contributed by atoms with Crippen LogP contribution in [0.1, 0.15) is 12.0 Å². The first-order valence-corrected chi connectivity index (χ1v) is 12.7. The molecule has 3 aromatic rings. The van der Waals surface area contributed by atoms with E-state index in [1.807, 2.05) is 24.3 Å². The van der Waals surface area contributed by atoms with Crippen molar-refractivity contribution in [1.82, 2.24) is 5.32 Å². The molecule has 1 amide bonds. The summed E-state index contributed by atoms with van der Waals surface area (Å²) in [6.07, 6.45) is 1.37. The number of sulfonamides is 1. The molecule has 1 heterocycles. The summed E-state index contributed by atoms with van der Waals surface area (Å²) in [4.78, 5) is 12.9. The lowest BCUT2D eigenvalue weighted by molar-refractivity contribution is -0.119. The Morgan fingerprint density at radius 2 is 1.65 bits per heavy atom. The Morgan fingerprint density at radius 1 is 0.941 bits per heavy atom. The molecule has 4 rings (SSSR count). The van der Waals surface area contributed by atoms with Crippen LogP contribution < -0.4 is 19.1 Å². The van der Waals surface area contributed by atoms with E-state index in [0.717, 1.165) is 9.87 Å². The number of halogens is 1. The van der Waals surface area contributed by atoms with E-state index >= 15 is 0 Å². The molecular weight excluding hydrogens is 476 g/mol. The van der Waals surface area contributed by atoms with Gasteiger partial charge in [-0.05, 0) is 48.7 Å². The number of nitrogens with zero attached hydrogens (tertiary/aromatic N) is 1. The number of amides is 1. The molecule has 1 N–H and O–H groups in total. The Bertz CT molecular complexity index is 1250. The maximum Gasteiger partial charge on any atom is 0.264 e. The third-order valence-electron chi connectivity index (χ3n) is 5.34. The van der Waals surface area contributed by atoms with Crippen LogP contribution in [0.25, 0.3) is 0 Å². The summed E-state index contributed by atoms with van der Waals surface area (Å²) in [5, 5.41) is 3.50. The van der Waals surface area contributed by atoms with Crippen LogP contribution in [0.4, 0.5) is 5.69 Å². The van der Waals surface area contributed by atoms with Gasteiger partial charge in [-0.2, -0.15) is 0 Å². The lowest BCUT2D eigenvalue weighted by atomic mass is 10.1. The number of fused-ring (bicyclic) bond motifs is 1. The van der Waals surface area contributed by atoms with E-state index < -0.39 is 15.9 Å². The van der Waals surface area contributed by atoms with Crippen molar-refractivity contribution in [3.63, 3.8) is 0 Å². The summed E-state index contributed by atoms with van der Waals surface area (Å²) >= 11 is 6.18. The fraction of sp³-hybridized carbons (Fsp3) is 0.240. The number of ether oxygens (including phenoxy) is 2. The quantitative estimate of drug-likeness (QED) is 0.448. The first-order valence-electron chi connectivity index (χ1n) is 10.9. The van der Waals surface area contributed by atoms with E-state index in [0.29, 0.717) is 54.8 Å². The Kier molecular flexibility index (Phi) is 7.59. The fourth-order valence-electron chi connectivity index (χ4n) is 3.62. The first-order chi connectivity index (χ1) is 16.4. The number of carbonyl (C=O) groups is 1. The summed E-state index contributed by atoms with van der Waals surface area (Å²) in [5.41, 5.74) is 1.32. The molecule has 178 valence electrons. The van der Waals surface area contributed by atoms with Gasteiger partial charge in [0.05, 0.1) is 10.6 Å². The van der Waals surface area contributed by atoms with E-state index in [1.54, 1.807) is 36.4 Å². The van der Waals surface area contributed by atoms with Gasteiger partial charge >= 0.3 is 0 Å². The minimum atomic E-state index is -4.00. The normalized spacial score (nSPS) is 12.7. The third kappa shape index (κ3) is 5.63. The van der Waals surface area contributed by atoms with Gasteiger partial charge in [-0.15, -0.1) is 0 Å². The van der Waals surface area contributed by atoms with Crippen LogP contribution >= 0.6 is 11.6 Å². The van der Waals surface area contributed by atoms with Gasteiger partial charge < -0.3 is 14.8 Å². The zero-order valence-corrected chi connectivity index (χ0v) is 20.0. The van der Waals surface area contributed by atoms with Crippen molar-refractivity contribution in [2.24, 2.45) is 0 Å². The van der Waals surface area contributed by atoms with Gasteiger partial charge in [0.15, 0.2) is 11.5 Å². The summed E-state index contributed by atoms with van der Waals surface area (Å²) in [6.45, 7) is 0.816. The molecule has 7 nitrogen and oxygen atoms in total. The van der Waals surface area contributed by atoms with Crippen LogP contribution in [0.15, 0.2) is 77.7 Å². The number of hydrogen-bond donors (Lipinski definition) is 1. The zero-order valence-electron chi connectivity index (χ0n) is 18.4. The molecule has 0 saturated carbocycles. The van der Waals surface area contributed by atoms with Crippen molar-refractivity contribution < 1.29 is 22.7 Å². The second-order valence-electron chi connectivity index (χ2n) is 7.70. The molecule has 0 aliphatic carbocycles. The Labute approximate surface area is 204 Å². The van der Waals surface area contributed by atoms with Gasteiger partial charge in [0, 0.05) is 17.6 Å². The molecule has 0 saturated heterocycles. The molecular formula is C25H25ClN2O5S. The lowest BCUT2D eigenvalue weighted by Crippen LogP contribution is -2.41. The van der Waals surface area contributed by atoms with Crippen LogP contribution in [-0.2, 0) is 21.2 Å². The van der Waals surface area contributed by atoms with Crippen molar-refractivity contribution in [2.75, 3.05) is 30.6 Å². The van der Waals surface area contributed by atoms with Crippen LogP contribution in [-0.4, -0.2) is 40.6 Å². The molecule has 0 radical (unpaired) electrons. The van der Waals surface area contributed by atoms with Gasteiger partial charge in [0.1, 0.15) is 19.8 Å². The van der Waals surface area contributed by atoms with Crippen LogP contribution in [0.2, 0.25) is 5.02 Å². The maximum atomic E-state index is 13.4.